The van der Waals surface area contributed by atoms with Crippen LogP contribution in [0.15, 0.2) is 0 Å². The third kappa shape index (κ3) is 10.4. The van der Waals surface area contributed by atoms with E-state index in [1.807, 2.05) is 65.5 Å². The molecule has 0 aliphatic carbocycles. The van der Waals surface area contributed by atoms with Gasteiger partial charge in [0.15, 0.2) is 0 Å². The Morgan fingerprint density at radius 3 is 1.15 bits per heavy atom. The zero-order chi connectivity index (χ0) is 21.2. The summed E-state index contributed by atoms with van der Waals surface area (Å²) in [6.45, 7) is 22.0. The number of rotatable bonds is 10. The molecule has 0 aromatic rings. The third-order valence-corrected chi connectivity index (χ3v) is 21.5. The van der Waals surface area contributed by atoms with Crippen molar-refractivity contribution in [2.45, 2.75) is 79.3 Å². The standard InChI is InChI=1S/C14H36O7Si5/c1-13(15)17-23(5,6)19-25(9,10)21-26(11,12)20-24(7,8)18-22(3,4)14(2)16/h1-12H3. The molecule has 154 valence electrons. The molecular weight excluding hydrogens is 421 g/mol. The Bertz CT molecular complexity index is 532. The van der Waals surface area contributed by atoms with Crippen molar-refractivity contribution in [1.29, 1.82) is 0 Å². The molecule has 0 aliphatic heterocycles. The van der Waals surface area contributed by atoms with E-state index in [1.165, 1.54) is 6.92 Å². The molecule has 0 amide bonds. The van der Waals surface area contributed by atoms with E-state index in [9.17, 15) is 9.59 Å². The van der Waals surface area contributed by atoms with Gasteiger partial charge in [-0.1, -0.05) is 0 Å². The summed E-state index contributed by atoms with van der Waals surface area (Å²) >= 11 is 0. The van der Waals surface area contributed by atoms with Crippen LogP contribution in [0.3, 0.4) is 0 Å². The summed E-state index contributed by atoms with van der Waals surface area (Å²) in [4.78, 5) is 23.1. The summed E-state index contributed by atoms with van der Waals surface area (Å²) in [5, 5.41) is 0.0919. The highest BCUT2D eigenvalue weighted by Crippen LogP contribution is 2.26. The third-order valence-electron chi connectivity index (χ3n) is 3.21. The maximum Gasteiger partial charge on any atom is 0.386 e. The molecule has 0 radical (unpaired) electrons. The van der Waals surface area contributed by atoms with Crippen molar-refractivity contribution in [1.82, 2.24) is 0 Å². The van der Waals surface area contributed by atoms with Crippen LogP contribution in [0.2, 0.25) is 65.5 Å². The van der Waals surface area contributed by atoms with E-state index in [0.717, 1.165) is 0 Å². The fourth-order valence-corrected chi connectivity index (χ4v) is 25.1. The molecule has 0 aromatic heterocycles. The molecule has 0 unspecified atom stereocenters. The lowest BCUT2D eigenvalue weighted by Crippen LogP contribution is -2.60. The second-order valence-electron chi connectivity index (χ2n) is 8.67. The van der Waals surface area contributed by atoms with Crippen LogP contribution in [0, 0.1) is 0 Å². The minimum atomic E-state index is -2.62. The molecule has 26 heavy (non-hydrogen) atoms. The van der Waals surface area contributed by atoms with Crippen molar-refractivity contribution in [2.24, 2.45) is 0 Å². The van der Waals surface area contributed by atoms with Gasteiger partial charge in [-0.3, -0.25) is 4.79 Å². The fraction of sp³-hybridized carbons (Fsp3) is 0.857. The summed E-state index contributed by atoms with van der Waals surface area (Å²) < 4.78 is 30.3. The van der Waals surface area contributed by atoms with Crippen molar-refractivity contribution < 1.29 is 30.5 Å². The van der Waals surface area contributed by atoms with Gasteiger partial charge in [-0.2, -0.15) is 0 Å². The lowest BCUT2D eigenvalue weighted by molar-refractivity contribution is -0.133. The van der Waals surface area contributed by atoms with Gasteiger partial charge in [0, 0.05) is 6.92 Å². The average molecular weight is 457 g/mol. The number of hydrogen-bond acceptors (Lipinski definition) is 7. The summed E-state index contributed by atoms with van der Waals surface area (Å²) in [7, 11) is -12.8. The van der Waals surface area contributed by atoms with Gasteiger partial charge in [-0.05, 0) is 72.4 Å². The largest absolute Gasteiger partial charge is 0.495 e. The Morgan fingerprint density at radius 2 is 0.846 bits per heavy atom. The molecule has 0 bridgehead atoms. The molecule has 0 atom stereocenters. The van der Waals surface area contributed by atoms with Gasteiger partial charge in [0.2, 0.25) is 8.32 Å². The molecule has 0 saturated heterocycles. The molecule has 7 nitrogen and oxygen atoms in total. The molecule has 0 saturated carbocycles. The fourth-order valence-electron chi connectivity index (χ4n) is 2.89. The Kier molecular flexibility index (Phi) is 8.63. The maximum atomic E-state index is 11.8. The van der Waals surface area contributed by atoms with Crippen LogP contribution < -0.4 is 0 Å². The zero-order valence-electron chi connectivity index (χ0n) is 18.4. The minimum absolute atomic E-state index is 0.0919. The normalized spacial score (nSPS) is 14.3. The lowest BCUT2D eigenvalue weighted by Gasteiger charge is -2.41. The van der Waals surface area contributed by atoms with Crippen molar-refractivity contribution in [3.05, 3.63) is 0 Å². The highest BCUT2D eigenvalue weighted by molar-refractivity contribution is 7.03. The van der Waals surface area contributed by atoms with E-state index in [1.54, 1.807) is 6.92 Å². The Labute approximate surface area is 163 Å². The number of hydrogen-bond donors (Lipinski definition) is 0. The van der Waals surface area contributed by atoms with Crippen LogP contribution in [0.5, 0.6) is 0 Å². The lowest BCUT2D eigenvalue weighted by atomic mass is 10.9. The van der Waals surface area contributed by atoms with Gasteiger partial charge in [0.25, 0.3) is 5.97 Å². The van der Waals surface area contributed by atoms with E-state index in [2.05, 4.69) is 0 Å². The summed E-state index contributed by atoms with van der Waals surface area (Å²) in [6, 6.07) is 0. The van der Waals surface area contributed by atoms with Crippen LogP contribution in [0.4, 0.5) is 0 Å². The molecule has 12 heteroatoms. The van der Waals surface area contributed by atoms with E-state index < -0.39 is 42.6 Å². The van der Waals surface area contributed by atoms with Gasteiger partial charge in [0.1, 0.15) is 5.41 Å². The number of carbonyl (C=O) groups is 2. The highest BCUT2D eigenvalue weighted by atomic mass is 28.5. The van der Waals surface area contributed by atoms with Crippen molar-refractivity contribution in [3.8, 4) is 0 Å². The van der Waals surface area contributed by atoms with E-state index >= 15 is 0 Å². The Morgan fingerprint density at radius 1 is 0.538 bits per heavy atom. The first kappa shape index (κ1) is 26.1. The summed E-state index contributed by atoms with van der Waals surface area (Å²) in [5.41, 5.74) is 0. The van der Waals surface area contributed by atoms with Crippen molar-refractivity contribution >= 4 is 53.9 Å². The highest BCUT2D eigenvalue weighted by Gasteiger charge is 2.47. The first-order valence-electron chi connectivity index (χ1n) is 8.70. The first-order chi connectivity index (χ1) is 11.2. The van der Waals surface area contributed by atoms with Gasteiger partial charge < -0.3 is 25.7 Å². The second kappa shape index (κ2) is 8.61. The van der Waals surface area contributed by atoms with Crippen LogP contribution in [-0.4, -0.2) is 53.9 Å². The van der Waals surface area contributed by atoms with Gasteiger partial charge in [-0.25, -0.2) is 0 Å². The maximum absolute atomic E-state index is 11.8. The van der Waals surface area contributed by atoms with Gasteiger partial charge >= 0.3 is 34.2 Å². The predicted molar refractivity (Wildman–Crippen MR) is 114 cm³/mol. The number of carbonyl (C=O) groups excluding carboxylic acids is 2. The van der Waals surface area contributed by atoms with Crippen molar-refractivity contribution in [2.75, 3.05) is 0 Å². The van der Waals surface area contributed by atoms with E-state index in [0.29, 0.717) is 0 Å². The zero-order valence-corrected chi connectivity index (χ0v) is 23.4. The van der Waals surface area contributed by atoms with E-state index in [-0.39, 0.29) is 11.4 Å². The predicted octanol–water partition coefficient (Wildman–Crippen LogP) is 3.76. The Balaban J connectivity index is 5.10. The average Bonchev–Trinajstić information content (AvgIpc) is 2.17. The van der Waals surface area contributed by atoms with Crippen molar-refractivity contribution in [3.63, 3.8) is 0 Å². The quantitative estimate of drug-likeness (QED) is 0.463. The molecule has 0 N–H and O–H groups in total. The van der Waals surface area contributed by atoms with Crippen LogP contribution in [0.1, 0.15) is 13.8 Å². The monoisotopic (exact) mass is 456 g/mol. The molecular formula is C14H36O7Si5. The molecule has 0 aliphatic rings. The minimum Gasteiger partial charge on any atom is -0.495 e. The first-order valence-corrected chi connectivity index (χ1v) is 22.9. The second-order valence-corrected chi connectivity index (χ2v) is 27.1. The molecule has 0 aromatic carbocycles. The van der Waals surface area contributed by atoms with Gasteiger partial charge in [0.05, 0.1) is 0 Å². The molecule has 0 fully saturated rings. The summed E-state index contributed by atoms with van der Waals surface area (Å²) in [5.74, 6) is -0.349. The van der Waals surface area contributed by atoms with Crippen LogP contribution in [0.25, 0.3) is 0 Å². The molecule has 0 rings (SSSR count). The molecule has 0 heterocycles. The Hall–Kier alpha value is 0.0644. The molecule has 0 spiro atoms. The van der Waals surface area contributed by atoms with Gasteiger partial charge in [-0.15, -0.1) is 0 Å². The SMILES string of the molecule is CC(=O)O[Si](C)(C)O[Si](C)(C)O[Si](C)(C)O[Si](C)(C)O[Si](C)(C)C(C)=O. The van der Waals surface area contributed by atoms with Crippen LogP contribution in [-0.2, 0) is 30.5 Å². The van der Waals surface area contributed by atoms with E-state index in [4.69, 9.17) is 20.9 Å². The van der Waals surface area contributed by atoms with Crippen LogP contribution >= 0.6 is 0 Å². The smallest absolute Gasteiger partial charge is 0.386 e. The summed E-state index contributed by atoms with van der Waals surface area (Å²) in [6.07, 6.45) is 0. The topological polar surface area (TPSA) is 80.3 Å².